The molecule has 0 aliphatic rings. The van der Waals surface area contributed by atoms with Gasteiger partial charge in [-0.2, -0.15) is 0 Å². The second-order valence-electron chi connectivity index (χ2n) is 5.26. The molecule has 5 nitrogen and oxygen atoms in total. The summed E-state index contributed by atoms with van der Waals surface area (Å²) in [7, 11) is 0. The molecule has 0 unspecified atom stereocenters. The van der Waals surface area contributed by atoms with Gasteiger partial charge in [-0.25, -0.2) is 15.0 Å². The molecule has 0 amide bonds. The third-order valence-corrected chi connectivity index (χ3v) is 3.92. The smallest absolute Gasteiger partial charge is 0.137 e. The largest absolute Gasteiger partial charge is 0.369 e. The van der Waals surface area contributed by atoms with E-state index >= 15 is 0 Å². The molecule has 0 saturated carbocycles. The van der Waals surface area contributed by atoms with Crippen LogP contribution in [-0.2, 0) is 6.42 Å². The number of rotatable bonds is 4. The number of nitrogens with one attached hydrogen (secondary N) is 1. The Morgan fingerprint density at radius 1 is 1.13 bits per heavy atom. The second-order valence-corrected chi connectivity index (χ2v) is 5.70. The summed E-state index contributed by atoms with van der Waals surface area (Å²) in [5.74, 6) is 0.815. The zero-order valence-corrected chi connectivity index (χ0v) is 13.0. The number of fused-ring (bicyclic) bond motifs is 2. The van der Waals surface area contributed by atoms with Crippen molar-refractivity contribution >= 4 is 34.0 Å². The molecule has 6 heteroatoms. The summed E-state index contributed by atoms with van der Waals surface area (Å²) in [6, 6.07) is 11.6. The van der Waals surface area contributed by atoms with Crippen LogP contribution < -0.4 is 5.32 Å². The topological polar surface area (TPSA) is 55.1 Å². The Morgan fingerprint density at radius 2 is 2.09 bits per heavy atom. The molecule has 114 valence electrons. The molecule has 3 aromatic heterocycles. The van der Waals surface area contributed by atoms with E-state index in [0.29, 0.717) is 5.02 Å². The van der Waals surface area contributed by atoms with Crippen LogP contribution in [0.5, 0.6) is 0 Å². The monoisotopic (exact) mass is 323 g/mol. The SMILES string of the molecule is Clc1ccc2c(NCCc3cn4ccccc4n3)ncnc2c1. The predicted octanol–water partition coefficient (Wildman–Crippen LogP) is 3.59. The molecule has 0 saturated heterocycles. The zero-order chi connectivity index (χ0) is 15.6. The average Bonchev–Trinajstić information content (AvgIpc) is 2.97. The van der Waals surface area contributed by atoms with E-state index in [1.807, 2.05) is 47.0 Å². The van der Waals surface area contributed by atoms with Gasteiger partial charge in [0.05, 0.1) is 11.2 Å². The molecule has 0 aliphatic heterocycles. The van der Waals surface area contributed by atoms with Crippen molar-refractivity contribution in [3.63, 3.8) is 0 Å². The van der Waals surface area contributed by atoms with E-state index < -0.39 is 0 Å². The lowest BCUT2D eigenvalue weighted by atomic mass is 10.2. The van der Waals surface area contributed by atoms with Gasteiger partial charge in [0.1, 0.15) is 17.8 Å². The van der Waals surface area contributed by atoms with E-state index in [9.17, 15) is 0 Å². The fraction of sp³-hybridized carbons (Fsp3) is 0.118. The molecule has 0 aliphatic carbocycles. The number of pyridine rings is 1. The van der Waals surface area contributed by atoms with Crippen LogP contribution in [0.1, 0.15) is 5.69 Å². The van der Waals surface area contributed by atoms with E-state index in [1.54, 1.807) is 6.33 Å². The maximum Gasteiger partial charge on any atom is 0.137 e. The van der Waals surface area contributed by atoms with Gasteiger partial charge in [-0.05, 0) is 30.3 Å². The van der Waals surface area contributed by atoms with Gasteiger partial charge in [0.2, 0.25) is 0 Å². The molecule has 0 atom stereocenters. The summed E-state index contributed by atoms with van der Waals surface area (Å²) < 4.78 is 2.03. The first-order chi connectivity index (χ1) is 11.3. The number of nitrogens with zero attached hydrogens (tertiary/aromatic N) is 4. The quantitative estimate of drug-likeness (QED) is 0.623. The van der Waals surface area contributed by atoms with Crippen molar-refractivity contribution in [1.82, 2.24) is 19.4 Å². The molecular weight excluding hydrogens is 310 g/mol. The standard InChI is InChI=1S/C17H14ClN5/c18-12-4-5-14-15(9-12)20-11-21-17(14)19-7-6-13-10-23-8-2-1-3-16(23)22-13/h1-5,8-11H,6-7H2,(H,19,20,21). The minimum atomic E-state index is 0.673. The van der Waals surface area contributed by atoms with Gasteiger partial charge in [0.25, 0.3) is 0 Å². The molecule has 0 radical (unpaired) electrons. The first-order valence-corrected chi connectivity index (χ1v) is 7.74. The highest BCUT2D eigenvalue weighted by molar-refractivity contribution is 6.31. The van der Waals surface area contributed by atoms with Crippen LogP contribution in [0.25, 0.3) is 16.6 Å². The molecule has 23 heavy (non-hydrogen) atoms. The maximum absolute atomic E-state index is 6.00. The van der Waals surface area contributed by atoms with E-state index in [1.165, 1.54) is 0 Å². The average molecular weight is 324 g/mol. The van der Waals surface area contributed by atoms with Crippen molar-refractivity contribution in [2.45, 2.75) is 6.42 Å². The summed E-state index contributed by atoms with van der Waals surface area (Å²) in [6.07, 6.45) is 6.42. The summed E-state index contributed by atoms with van der Waals surface area (Å²) >= 11 is 6.00. The second kappa shape index (κ2) is 5.85. The predicted molar refractivity (Wildman–Crippen MR) is 91.9 cm³/mol. The molecular formula is C17H14ClN5. The summed E-state index contributed by atoms with van der Waals surface area (Å²) in [5, 5.41) is 4.99. The third kappa shape index (κ3) is 2.83. The number of anilines is 1. The fourth-order valence-electron chi connectivity index (χ4n) is 2.59. The van der Waals surface area contributed by atoms with E-state index in [2.05, 4.69) is 26.5 Å². The minimum absolute atomic E-state index is 0.673. The van der Waals surface area contributed by atoms with Gasteiger partial charge in [0, 0.05) is 35.8 Å². The Bertz CT molecular complexity index is 946. The Morgan fingerprint density at radius 3 is 3.00 bits per heavy atom. The highest BCUT2D eigenvalue weighted by atomic mass is 35.5. The van der Waals surface area contributed by atoms with Crippen LogP contribution in [0.3, 0.4) is 0 Å². The number of aromatic nitrogens is 4. The lowest BCUT2D eigenvalue weighted by Crippen LogP contribution is -2.07. The van der Waals surface area contributed by atoms with Crippen LogP contribution in [-0.4, -0.2) is 25.9 Å². The van der Waals surface area contributed by atoms with E-state index in [0.717, 1.165) is 41.0 Å². The van der Waals surface area contributed by atoms with Crippen molar-refractivity contribution < 1.29 is 0 Å². The zero-order valence-electron chi connectivity index (χ0n) is 12.3. The highest BCUT2D eigenvalue weighted by Crippen LogP contribution is 2.22. The maximum atomic E-state index is 6.00. The molecule has 0 fully saturated rings. The lowest BCUT2D eigenvalue weighted by Gasteiger charge is -2.07. The molecule has 0 spiro atoms. The van der Waals surface area contributed by atoms with Gasteiger partial charge >= 0.3 is 0 Å². The Kier molecular flexibility index (Phi) is 3.55. The fourth-order valence-corrected chi connectivity index (χ4v) is 2.75. The van der Waals surface area contributed by atoms with Gasteiger partial charge in [-0.3, -0.25) is 0 Å². The summed E-state index contributed by atoms with van der Waals surface area (Å²) in [5.41, 5.74) is 2.84. The molecule has 1 N–H and O–H groups in total. The number of hydrogen-bond acceptors (Lipinski definition) is 4. The molecule has 1 aromatic carbocycles. The van der Waals surface area contributed by atoms with Crippen molar-refractivity contribution in [3.05, 3.63) is 65.8 Å². The van der Waals surface area contributed by atoms with Crippen LogP contribution in [0.15, 0.2) is 55.1 Å². The van der Waals surface area contributed by atoms with Crippen molar-refractivity contribution in [3.8, 4) is 0 Å². The Labute approximate surface area is 138 Å². The lowest BCUT2D eigenvalue weighted by molar-refractivity contribution is 0.970. The molecule has 0 bridgehead atoms. The van der Waals surface area contributed by atoms with Crippen molar-refractivity contribution in [2.75, 3.05) is 11.9 Å². The molecule has 4 aromatic rings. The first-order valence-electron chi connectivity index (χ1n) is 7.36. The normalized spacial score (nSPS) is 11.2. The number of hydrogen-bond donors (Lipinski definition) is 1. The molecule has 4 rings (SSSR count). The van der Waals surface area contributed by atoms with Crippen molar-refractivity contribution in [1.29, 1.82) is 0 Å². The van der Waals surface area contributed by atoms with Crippen LogP contribution in [0, 0.1) is 0 Å². The van der Waals surface area contributed by atoms with Gasteiger partial charge in [-0.15, -0.1) is 0 Å². The highest BCUT2D eigenvalue weighted by Gasteiger charge is 2.05. The Balaban J connectivity index is 1.51. The number of benzene rings is 1. The van der Waals surface area contributed by atoms with E-state index in [-0.39, 0.29) is 0 Å². The third-order valence-electron chi connectivity index (χ3n) is 3.69. The number of halogens is 1. The summed E-state index contributed by atoms with van der Waals surface area (Å²) in [4.78, 5) is 13.2. The minimum Gasteiger partial charge on any atom is -0.369 e. The first kappa shape index (κ1) is 14.0. The van der Waals surface area contributed by atoms with Crippen LogP contribution in [0.4, 0.5) is 5.82 Å². The van der Waals surface area contributed by atoms with Crippen LogP contribution >= 0.6 is 11.6 Å². The van der Waals surface area contributed by atoms with E-state index in [4.69, 9.17) is 11.6 Å². The summed E-state index contributed by atoms with van der Waals surface area (Å²) in [6.45, 7) is 0.749. The van der Waals surface area contributed by atoms with Crippen molar-refractivity contribution in [2.24, 2.45) is 0 Å². The van der Waals surface area contributed by atoms with Gasteiger partial charge in [-0.1, -0.05) is 17.7 Å². The van der Waals surface area contributed by atoms with Gasteiger partial charge in [0.15, 0.2) is 0 Å². The van der Waals surface area contributed by atoms with Crippen LogP contribution in [0.2, 0.25) is 5.02 Å². The van der Waals surface area contributed by atoms with Gasteiger partial charge < -0.3 is 9.72 Å². The number of imidazole rings is 1. The molecule has 3 heterocycles. The Hall–Kier alpha value is -2.66.